The fourth-order valence-corrected chi connectivity index (χ4v) is 9.23. The van der Waals surface area contributed by atoms with Gasteiger partial charge in [0.25, 0.3) is 0 Å². The van der Waals surface area contributed by atoms with Crippen molar-refractivity contribution < 1.29 is 4.79 Å². The first-order valence-corrected chi connectivity index (χ1v) is 13.4. The Morgan fingerprint density at radius 1 is 0.933 bits per heavy atom. The molecule has 0 heterocycles. The van der Waals surface area contributed by atoms with Crippen LogP contribution in [0.2, 0.25) is 0 Å². The lowest BCUT2D eigenvalue weighted by molar-refractivity contribution is -0.140. The molecule has 4 aliphatic rings. The third kappa shape index (κ3) is 3.65. The maximum absolute atomic E-state index is 12.1. The zero-order valence-corrected chi connectivity index (χ0v) is 20.8. The van der Waals surface area contributed by atoms with Crippen LogP contribution in [0, 0.1) is 58.2 Å². The van der Waals surface area contributed by atoms with Crippen LogP contribution in [0.5, 0.6) is 0 Å². The number of hydrogen-bond donors (Lipinski definition) is 0. The van der Waals surface area contributed by atoms with Crippen molar-refractivity contribution in [1.29, 1.82) is 0 Å². The minimum absolute atomic E-state index is 0.452. The average molecular weight is 413 g/mol. The second-order valence-corrected chi connectivity index (χ2v) is 12.7. The van der Waals surface area contributed by atoms with Gasteiger partial charge in [0, 0.05) is 12.8 Å². The normalized spacial score (nSPS) is 45.8. The Morgan fingerprint density at radius 2 is 1.67 bits per heavy atom. The lowest BCUT2D eigenvalue weighted by Crippen LogP contribution is -2.53. The van der Waals surface area contributed by atoms with Gasteiger partial charge in [-0.25, -0.2) is 0 Å². The van der Waals surface area contributed by atoms with Crippen LogP contribution in [0.15, 0.2) is 12.2 Å². The maximum atomic E-state index is 12.1. The van der Waals surface area contributed by atoms with Gasteiger partial charge in [0.2, 0.25) is 0 Å². The smallest absolute Gasteiger partial charge is 0.133 e. The average Bonchev–Trinajstić information content (AvgIpc) is 3.06. The Labute approximate surface area is 186 Å². The van der Waals surface area contributed by atoms with Gasteiger partial charge in [-0.2, -0.15) is 0 Å². The molecule has 9 atom stereocenters. The van der Waals surface area contributed by atoms with E-state index in [1.807, 2.05) is 0 Å². The summed E-state index contributed by atoms with van der Waals surface area (Å²) in [6.07, 6.45) is 17.8. The number of hydrogen-bond acceptors (Lipinski definition) is 1. The quantitative estimate of drug-likeness (QED) is 0.417. The molecule has 0 aromatic carbocycles. The predicted molar refractivity (Wildman–Crippen MR) is 127 cm³/mol. The molecule has 1 nitrogen and oxygen atoms in total. The van der Waals surface area contributed by atoms with Crippen LogP contribution in [0.4, 0.5) is 0 Å². The zero-order chi connectivity index (χ0) is 21.7. The SMILES string of the molecule is CC[C@H](/C=C/[C@@H](C)[C@H]1CC[C@H]2[C@@H]3CC[C@@H]4CC(=O)CC[C@]4(C)[C@@H]3CC[C@@]12C)C(C)C. The lowest BCUT2D eigenvalue weighted by atomic mass is 9.44. The minimum atomic E-state index is 0.452. The van der Waals surface area contributed by atoms with E-state index >= 15 is 0 Å². The van der Waals surface area contributed by atoms with Crippen molar-refractivity contribution in [3.05, 3.63) is 12.2 Å². The molecular formula is C29H48O. The second kappa shape index (κ2) is 8.40. The first kappa shape index (κ1) is 22.6. The van der Waals surface area contributed by atoms with Crippen LogP contribution >= 0.6 is 0 Å². The number of Topliss-reactive ketones (excluding diaryl/α,β-unsaturated/α-hetero) is 1. The van der Waals surface area contributed by atoms with Gasteiger partial charge in [-0.15, -0.1) is 0 Å². The Bertz CT molecular complexity index is 661. The van der Waals surface area contributed by atoms with Gasteiger partial charge in [-0.3, -0.25) is 4.79 Å². The van der Waals surface area contributed by atoms with Crippen molar-refractivity contribution in [3.63, 3.8) is 0 Å². The highest BCUT2D eigenvalue weighted by Gasteiger charge is 2.60. The summed E-state index contributed by atoms with van der Waals surface area (Å²) in [5.74, 6) is 7.04. The van der Waals surface area contributed by atoms with Crippen molar-refractivity contribution in [2.75, 3.05) is 0 Å². The molecule has 4 fully saturated rings. The molecule has 0 aromatic rings. The van der Waals surface area contributed by atoms with Gasteiger partial charge in [0.1, 0.15) is 5.78 Å². The fraction of sp³-hybridized carbons (Fsp3) is 0.897. The number of ketones is 1. The lowest BCUT2D eigenvalue weighted by Gasteiger charge is -2.60. The minimum Gasteiger partial charge on any atom is -0.300 e. The first-order valence-electron chi connectivity index (χ1n) is 13.4. The van der Waals surface area contributed by atoms with Gasteiger partial charge < -0.3 is 0 Å². The summed E-state index contributed by atoms with van der Waals surface area (Å²) >= 11 is 0. The molecule has 0 aromatic heterocycles. The number of carbonyl (C=O) groups excluding carboxylic acids is 1. The third-order valence-corrected chi connectivity index (χ3v) is 11.2. The van der Waals surface area contributed by atoms with E-state index < -0.39 is 0 Å². The van der Waals surface area contributed by atoms with Crippen molar-refractivity contribution in [1.82, 2.24) is 0 Å². The molecule has 0 amide bonds. The molecule has 0 radical (unpaired) electrons. The number of allylic oxidation sites excluding steroid dienone is 2. The van der Waals surface area contributed by atoms with E-state index in [2.05, 4.69) is 53.7 Å². The monoisotopic (exact) mass is 412 g/mol. The molecule has 4 rings (SSSR count). The van der Waals surface area contributed by atoms with Crippen molar-refractivity contribution in [3.8, 4) is 0 Å². The van der Waals surface area contributed by atoms with E-state index in [0.717, 1.165) is 48.3 Å². The van der Waals surface area contributed by atoms with E-state index in [1.165, 1.54) is 51.4 Å². The van der Waals surface area contributed by atoms with Gasteiger partial charge in [0.05, 0.1) is 0 Å². The Kier molecular flexibility index (Phi) is 6.33. The largest absolute Gasteiger partial charge is 0.300 e. The molecule has 0 bridgehead atoms. The summed E-state index contributed by atoms with van der Waals surface area (Å²) in [6, 6.07) is 0. The standard InChI is InChI=1S/C29H48O/c1-7-21(19(2)3)9-8-20(4)25-12-13-26-24-11-10-22-18-23(30)14-16-28(22,5)27(24)15-17-29(25,26)6/h8-9,19-22,24-27H,7,10-18H2,1-6H3/b9-8+/t20-,21-,22-,24+,25-,26+,27-,28+,29+/m1/s1. The summed E-state index contributed by atoms with van der Waals surface area (Å²) in [7, 11) is 0. The molecule has 0 saturated heterocycles. The number of rotatable bonds is 5. The predicted octanol–water partition coefficient (Wildman–Crippen LogP) is 8.09. The van der Waals surface area contributed by atoms with E-state index in [9.17, 15) is 4.79 Å². The molecule has 0 aliphatic heterocycles. The highest BCUT2D eigenvalue weighted by Crippen LogP contribution is 2.68. The Balaban J connectivity index is 1.50. The summed E-state index contributed by atoms with van der Waals surface area (Å²) in [5.41, 5.74) is 0.992. The van der Waals surface area contributed by atoms with E-state index in [1.54, 1.807) is 0 Å². The Hall–Kier alpha value is -0.590. The van der Waals surface area contributed by atoms with Gasteiger partial charge in [-0.1, -0.05) is 53.7 Å². The maximum Gasteiger partial charge on any atom is 0.133 e. The molecular weight excluding hydrogens is 364 g/mol. The molecule has 30 heavy (non-hydrogen) atoms. The van der Waals surface area contributed by atoms with Crippen LogP contribution < -0.4 is 0 Å². The fourth-order valence-electron chi connectivity index (χ4n) is 9.23. The highest BCUT2D eigenvalue weighted by molar-refractivity contribution is 5.79. The summed E-state index contributed by atoms with van der Waals surface area (Å²) in [4.78, 5) is 12.1. The topological polar surface area (TPSA) is 17.1 Å². The van der Waals surface area contributed by atoms with Crippen LogP contribution in [0.25, 0.3) is 0 Å². The molecule has 4 saturated carbocycles. The van der Waals surface area contributed by atoms with Gasteiger partial charge in [-0.05, 0) is 110 Å². The zero-order valence-electron chi connectivity index (χ0n) is 20.8. The van der Waals surface area contributed by atoms with Crippen LogP contribution in [0.1, 0.15) is 106 Å². The Morgan fingerprint density at radius 3 is 2.37 bits per heavy atom. The number of fused-ring (bicyclic) bond motifs is 5. The van der Waals surface area contributed by atoms with E-state index in [4.69, 9.17) is 0 Å². The summed E-state index contributed by atoms with van der Waals surface area (Å²) < 4.78 is 0. The molecule has 1 heteroatoms. The van der Waals surface area contributed by atoms with Crippen LogP contribution in [0.3, 0.4) is 0 Å². The molecule has 0 N–H and O–H groups in total. The van der Waals surface area contributed by atoms with Gasteiger partial charge in [0.15, 0.2) is 0 Å². The number of carbonyl (C=O) groups is 1. The highest BCUT2D eigenvalue weighted by atomic mass is 16.1. The molecule has 4 aliphatic carbocycles. The molecule has 170 valence electrons. The molecule has 0 unspecified atom stereocenters. The van der Waals surface area contributed by atoms with Crippen LogP contribution in [-0.4, -0.2) is 5.78 Å². The summed E-state index contributed by atoms with van der Waals surface area (Å²) in [6.45, 7) is 14.8. The van der Waals surface area contributed by atoms with Gasteiger partial charge >= 0.3 is 0 Å². The third-order valence-electron chi connectivity index (χ3n) is 11.2. The second-order valence-electron chi connectivity index (χ2n) is 12.7. The van der Waals surface area contributed by atoms with Crippen molar-refractivity contribution in [2.45, 2.75) is 106 Å². The first-order chi connectivity index (χ1) is 14.2. The molecule has 0 spiro atoms. The van der Waals surface area contributed by atoms with Crippen molar-refractivity contribution >= 4 is 5.78 Å². The van der Waals surface area contributed by atoms with Crippen LogP contribution in [-0.2, 0) is 4.79 Å². The van der Waals surface area contributed by atoms with Crippen molar-refractivity contribution in [2.24, 2.45) is 58.2 Å². The summed E-state index contributed by atoms with van der Waals surface area (Å²) in [5, 5.41) is 0. The van der Waals surface area contributed by atoms with E-state index in [-0.39, 0.29) is 0 Å². The van der Waals surface area contributed by atoms with E-state index in [0.29, 0.717) is 28.4 Å².